The summed E-state index contributed by atoms with van der Waals surface area (Å²) in [6, 6.07) is 13.0. The molecule has 1 amide bonds. The molecule has 114 valence electrons. The van der Waals surface area contributed by atoms with E-state index in [1.807, 2.05) is 0 Å². The first-order valence-corrected chi connectivity index (χ1v) is 6.97. The zero-order valence-corrected chi connectivity index (χ0v) is 12.4. The summed E-state index contributed by atoms with van der Waals surface area (Å²) in [6.07, 6.45) is 0.247. The lowest BCUT2D eigenvalue weighted by Gasteiger charge is -2.15. The number of hydrogen-bond acceptors (Lipinski definition) is 1. The largest absolute Gasteiger partial charge is 0.370 e. The standard InChI is InChI=1S/C16H15ClFN3O/c17-14-7-2-1-6-12(14)13(15(22)21-16(19)20)9-10-4-3-5-11(18)8-10/h1-8,13H,9H2,(H4,19,20,21,22)/t13-/m0/s1. The molecule has 0 aliphatic heterocycles. The number of aliphatic imine (C=N–C) groups is 1. The summed E-state index contributed by atoms with van der Waals surface area (Å²) >= 11 is 6.16. The number of carbonyl (C=O) groups is 1. The second kappa shape index (κ2) is 7.04. The van der Waals surface area contributed by atoms with Crippen LogP contribution in [0.5, 0.6) is 0 Å². The van der Waals surface area contributed by atoms with Crippen LogP contribution in [0.15, 0.2) is 53.5 Å². The maximum Gasteiger partial charge on any atom is 0.256 e. The van der Waals surface area contributed by atoms with E-state index in [0.29, 0.717) is 16.1 Å². The molecule has 2 aromatic carbocycles. The van der Waals surface area contributed by atoms with E-state index in [9.17, 15) is 9.18 Å². The molecule has 1 atom stereocenters. The van der Waals surface area contributed by atoms with Crippen LogP contribution in [0.2, 0.25) is 5.02 Å². The monoisotopic (exact) mass is 319 g/mol. The van der Waals surface area contributed by atoms with E-state index in [4.69, 9.17) is 23.1 Å². The first-order chi connectivity index (χ1) is 10.5. The fourth-order valence-corrected chi connectivity index (χ4v) is 2.46. The molecule has 4 N–H and O–H groups in total. The van der Waals surface area contributed by atoms with Gasteiger partial charge in [0.25, 0.3) is 5.91 Å². The van der Waals surface area contributed by atoms with Gasteiger partial charge in [-0.2, -0.15) is 4.99 Å². The summed E-state index contributed by atoms with van der Waals surface area (Å²) in [6.45, 7) is 0. The van der Waals surface area contributed by atoms with E-state index in [1.165, 1.54) is 12.1 Å². The smallest absolute Gasteiger partial charge is 0.256 e. The van der Waals surface area contributed by atoms with Crippen molar-refractivity contribution in [3.63, 3.8) is 0 Å². The Bertz CT molecular complexity index is 714. The Kier molecular flexibility index (Phi) is 5.12. The highest BCUT2D eigenvalue weighted by molar-refractivity contribution is 6.31. The van der Waals surface area contributed by atoms with Gasteiger partial charge in [0.1, 0.15) is 5.82 Å². The van der Waals surface area contributed by atoms with E-state index in [2.05, 4.69) is 4.99 Å². The van der Waals surface area contributed by atoms with E-state index in [-0.39, 0.29) is 18.2 Å². The van der Waals surface area contributed by atoms with Crippen molar-refractivity contribution in [1.29, 1.82) is 0 Å². The summed E-state index contributed by atoms with van der Waals surface area (Å²) in [5.41, 5.74) is 11.8. The third-order valence-electron chi connectivity index (χ3n) is 3.15. The number of nitrogens with two attached hydrogens (primary N) is 2. The van der Waals surface area contributed by atoms with Gasteiger partial charge in [-0.25, -0.2) is 4.39 Å². The van der Waals surface area contributed by atoms with Gasteiger partial charge in [-0.3, -0.25) is 4.79 Å². The van der Waals surface area contributed by atoms with Crippen molar-refractivity contribution in [3.05, 3.63) is 70.5 Å². The molecule has 2 aromatic rings. The van der Waals surface area contributed by atoms with Crippen LogP contribution in [0, 0.1) is 5.82 Å². The molecule has 0 aliphatic rings. The Morgan fingerprint density at radius 3 is 2.55 bits per heavy atom. The van der Waals surface area contributed by atoms with Crippen molar-refractivity contribution >= 4 is 23.5 Å². The molecule has 0 radical (unpaired) electrons. The summed E-state index contributed by atoms with van der Waals surface area (Å²) in [5, 5.41) is 0.433. The minimum atomic E-state index is -0.683. The Hall–Kier alpha value is -2.40. The maximum atomic E-state index is 13.3. The molecule has 0 saturated carbocycles. The normalized spacial score (nSPS) is 11.7. The summed E-state index contributed by atoms with van der Waals surface area (Å²) in [4.78, 5) is 15.9. The van der Waals surface area contributed by atoms with E-state index in [0.717, 1.165) is 0 Å². The van der Waals surface area contributed by atoms with Gasteiger partial charge in [-0.15, -0.1) is 0 Å². The van der Waals surface area contributed by atoms with Crippen molar-refractivity contribution < 1.29 is 9.18 Å². The number of carbonyl (C=O) groups excluding carboxylic acids is 1. The molecule has 0 fully saturated rings. The molecule has 0 aliphatic carbocycles. The molecule has 0 heterocycles. The van der Waals surface area contributed by atoms with Crippen molar-refractivity contribution in [3.8, 4) is 0 Å². The number of hydrogen-bond donors (Lipinski definition) is 2. The SMILES string of the molecule is NC(N)=NC(=O)[C@@H](Cc1cccc(F)c1)c1ccccc1Cl. The van der Waals surface area contributed by atoms with Crippen molar-refractivity contribution in [2.45, 2.75) is 12.3 Å². The second-order valence-electron chi connectivity index (χ2n) is 4.78. The maximum absolute atomic E-state index is 13.3. The van der Waals surface area contributed by atoms with Crippen LogP contribution in [0.1, 0.15) is 17.0 Å². The molecule has 0 saturated heterocycles. The van der Waals surface area contributed by atoms with Crippen LogP contribution in [-0.4, -0.2) is 11.9 Å². The van der Waals surface area contributed by atoms with Gasteiger partial charge in [-0.1, -0.05) is 41.9 Å². The predicted octanol–water partition coefficient (Wildman–Crippen LogP) is 2.61. The number of rotatable bonds is 4. The quantitative estimate of drug-likeness (QED) is 0.671. The summed E-state index contributed by atoms with van der Waals surface area (Å²) < 4.78 is 13.3. The highest BCUT2D eigenvalue weighted by Gasteiger charge is 2.23. The Balaban J connectivity index is 2.40. The first-order valence-electron chi connectivity index (χ1n) is 6.59. The van der Waals surface area contributed by atoms with Gasteiger partial charge in [0.2, 0.25) is 0 Å². The van der Waals surface area contributed by atoms with Crippen LogP contribution >= 0.6 is 11.6 Å². The number of nitrogens with zero attached hydrogens (tertiary/aromatic N) is 1. The zero-order chi connectivity index (χ0) is 16.1. The third kappa shape index (κ3) is 4.05. The average molecular weight is 320 g/mol. The molecule has 2 rings (SSSR count). The molecule has 0 unspecified atom stereocenters. The fourth-order valence-electron chi connectivity index (χ4n) is 2.19. The average Bonchev–Trinajstić information content (AvgIpc) is 2.45. The lowest BCUT2D eigenvalue weighted by atomic mass is 9.91. The highest BCUT2D eigenvalue weighted by atomic mass is 35.5. The van der Waals surface area contributed by atoms with Crippen molar-refractivity contribution in [1.82, 2.24) is 0 Å². The van der Waals surface area contributed by atoms with Crippen molar-refractivity contribution in [2.24, 2.45) is 16.5 Å². The van der Waals surface area contributed by atoms with Gasteiger partial charge in [0.05, 0.1) is 5.92 Å². The minimum absolute atomic E-state index is 0.247. The Labute approximate surface area is 132 Å². The van der Waals surface area contributed by atoms with Crippen LogP contribution in [-0.2, 0) is 11.2 Å². The molecule has 0 spiro atoms. The molecule has 6 heteroatoms. The van der Waals surface area contributed by atoms with E-state index < -0.39 is 11.8 Å². The van der Waals surface area contributed by atoms with Crippen molar-refractivity contribution in [2.75, 3.05) is 0 Å². The molecule has 22 heavy (non-hydrogen) atoms. The molecule has 0 bridgehead atoms. The van der Waals surface area contributed by atoms with Gasteiger partial charge >= 0.3 is 0 Å². The molecular formula is C16H15ClFN3O. The van der Waals surface area contributed by atoms with E-state index >= 15 is 0 Å². The molecule has 0 aromatic heterocycles. The van der Waals surface area contributed by atoms with E-state index in [1.54, 1.807) is 36.4 Å². The zero-order valence-electron chi connectivity index (χ0n) is 11.7. The Morgan fingerprint density at radius 2 is 1.91 bits per heavy atom. The molecule has 4 nitrogen and oxygen atoms in total. The second-order valence-corrected chi connectivity index (χ2v) is 5.19. The van der Waals surface area contributed by atoms with Gasteiger partial charge in [0, 0.05) is 5.02 Å². The topological polar surface area (TPSA) is 81.5 Å². The van der Waals surface area contributed by atoms with Crippen LogP contribution in [0.4, 0.5) is 4.39 Å². The first kappa shape index (κ1) is 16.0. The van der Waals surface area contributed by atoms with Crippen LogP contribution in [0.3, 0.4) is 0 Å². The fraction of sp³-hybridized carbons (Fsp3) is 0.125. The summed E-state index contributed by atoms with van der Waals surface area (Å²) in [5.74, 6) is -1.89. The number of amides is 1. The Morgan fingerprint density at radius 1 is 1.18 bits per heavy atom. The minimum Gasteiger partial charge on any atom is -0.370 e. The third-order valence-corrected chi connectivity index (χ3v) is 3.49. The van der Waals surface area contributed by atoms with Gasteiger partial charge < -0.3 is 11.5 Å². The number of benzene rings is 2. The predicted molar refractivity (Wildman–Crippen MR) is 85.1 cm³/mol. The molecular weight excluding hydrogens is 305 g/mol. The lowest BCUT2D eigenvalue weighted by Crippen LogP contribution is -2.26. The van der Waals surface area contributed by atoms with Gasteiger partial charge in [0.15, 0.2) is 5.96 Å². The number of guanidine groups is 1. The summed E-state index contributed by atoms with van der Waals surface area (Å²) in [7, 11) is 0. The number of halogens is 2. The van der Waals surface area contributed by atoms with Gasteiger partial charge in [-0.05, 0) is 35.7 Å². The highest BCUT2D eigenvalue weighted by Crippen LogP contribution is 2.29. The van der Waals surface area contributed by atoms with Crippen LogP contribution < -0.4 is 11.5 Å². The lowest BCUT2D eigenvalue weighted by molar-refractivity contribution is -0.119. The van der Waals surface area contributed by atoms with Crippen LogP contribution in [0.25, 0.3) is 0 Å².